The molecule has 0 unspecified atom stereocenters. The summed E-state index contributed by atoms with van der Waals surface area (Å²) < 4.78 is 66.6. The Morgan fingerprint density at radius 2 is 1.43 bits per heavy atom. The van der Waals surface area contributed by atoms with Crippen LogP contribution in [-0.4, -0.2) is 29.3 Å². The predicted molar refractivity (Wildman–Crippen MR) is 175 cm³/mol. The van der Waals surface area contributed by atoms with E-state index in [1.807, 2.05) is 42.5 Å². The van der Waals surface area contributed by atoms with Gasteiger partial charge in [-0.2, -0.15) is 76.2 Å². The van der Waals surface area contributed by atoms with Crippen molar-refractivity contribution in [3.8, 4) is 34.3 Å². The second kappa shape index (κ2) is 20.7. The molecular weight excluding hydrogens is 1240 g/mol. The Kier molecular flexibility index (Phi) is 17.2. The zero-order valence-electron chi connectivity index (χ0n) is 26.9. The summed E-state index contributed by atoms with van der Waals surface area (Å²) in [4.78, 5) is 6.30. The van der Waals surface area contributed by atoms with Crippen molar-refractivity contribution in [1.82, 2.24) is 29.3 Å². The number of benzene rings is 4. The largest absolute Gasteiger partial charge is 0.435 e. The van der Waals surface area contributed by atoms with Gasteiger partial charge in [-0.3, -0.25) is 27.7 Å². The van der Waals surface area contributed by atoms with Crippen LogP contribution in [0.25, 0.3) is 37.9 Å². The summed E-state index contributed by atoms with van der Waals surface area (Å²) in [6.07, 6.45) is 1.11. The number of rotatable bonds is 4. The maximum absolute atomic E-state index is 13.2. The first-order chi connectivity index (χ1) is 24.6. The molecule has 7 rings (SSSR count). The average molecular weight is 1260 g/mol. The average Bonchev–Trinajstić information content (AvgIpc) is 3.94. The van der Waals surface area contributed by atoms with E-state index in [1.165, 1.54) is 36.8 Å². The van der Waals surface area contributed by atoms with E-state index in [0.29, 0.717) is 17.1 Å². The minimum absolute atomic E-state index is 0. The van der Waals surface area contributed by atoms with Crippen LogP contribution < -0.4 is 0 Å². The topological polar surface area (TPSA) is 86.0 Å². The first kappa shape index (κ1) is 44.7. The van der Waals surface area contributed by atoms with Gasteiger partial charge in [0.2, 0.25) is 5.69 Å². The van der Waals surface area contributed by atoms with Crippen LogP contribution in [0.1, 0.15) is 11.4 Å². The molecule has 3 heterocycles. The van der Waals surface area contributed by atoms with Crippen LogP contribution in [0.2, 0.25) is 0 Å². The molecule has 0 bridgehead atoms. The van der Waals surface area contributed by atoms with Gasteiger partial charge < -0.3 is 0 Å². The number of nitrogens with zero attached hydrogens (tertiary/aromatic N) is 9. The number of nitriles is 1. The summed E-state index contributed by atoms with van der Waals surface area (Å²) in [5.74, 6) is -1.47. The van der Waals surface area contributed by atoms with Crippen molar-refractivity contribution in [2.24, 2.45) is 0 Å². The molecule has 0 atom stereocenters. The van der Waals surface area contributed by atoms with Crippen LogP contribution in [0, 0.1) is 54.3 Å². The Morgan fingerprint density at radius 1 is 0.722 bits per heavy atom. The van der Waals surface area contributed by atoms with Crippen LogP contribution in [0.3, 0.4) is 0 Å². The maximum atomic E-state index is 13.2. The Balaban J connectivity index is 0.000000274. The molecule has 54 heavy (non-hydrogen) atoms. The zero-order chi connectivity index (χ0) is 36.4. The Morgan fingerprint density at radius 3 is 2.00 bits per heavy atom. The molecule has 277 valence electrons. The number of alkyl halides is 3. The van der Waals surface area contributed by atoms with Crippen LogP contribution >= 0.6 is 0 Å². The standard InChI is InChI=1S/C16H10N3.C11H5F3N3.C10H4F2N3.3Ir/c17-12-15-10-11-19(18-15)16-8-6-14(7-9-16)13-4-2-1-3-5-13;1-15-8-3-2-4-9(7-8)17-6-5-10(16-17)11(12,13)14;1-13-8-5-14-15(6-8)10-3-2-7(11)4-9(10)12;;;/h1-8,10-11H;2-3,5-7H;2,4-6H;;;/q3*-1;;;. The fourth-order valence-corrected chi connectivity index (χ4v) is 4.25. The number of aromatic nitrogens is 6. The summed E-state index contributed by atoms with van der Waals surface area (Å²) in [7, 11) is 0. The quantitative estimate of drug-likeness (QED) is 0.130. The Labute approximate surface area is 346 Å². The molecule has 17 heteroatoms. The maximum Gasteiger partial charge on any atom is 0.435 e. The molecule has 0 aliphatic carbocycles. The van der Waals surface area contributed by atoms with E-state index >= 15 is 0 Å². The summed E-state index contributed by atoms with van der Waals surface area (Å²) in [6, 6.07) is 35.0. The fraction of sp³-hybridized carbons (Fsp3) is 0.0270. The smallest absolute Gasteiger partial charge is 0.284 e. The van der Waals surface area contributed by atoms with Crippen molar-refractivity contribution in [1.29, 1.82) is 5.26 Å². The fourth-order valence-electron chi connectivity index (χ4n) is 4.25. The van der Waals surface area contributed by atoms with Gasteiger partial charge in [-0.25, -0.2) is 4.85 Å². The van der Waals surface area contributed by atoms with E-state index in [1.54, 1.807) is 16.9 Å². The monoisotopic (exact) mass is 1260 g/mol. The van der Waals surface area contributed by atoms with Crippen molar-refractivity contribution in [3.05, 3.63) is 180 Å². The van der Waals surface area contributed by atoms with Crippen LogP contribution in [0.5, 0.6) is 0 Å². The summed E-state index contributed by atoms with van der Waals surface area (Å²) in [5.41, 5.74) is 3.41. The molecule has 0 saturated heterocycles. The van der Waals surface area contributed by atoms with Crippen molar-refractivity contribution in [3.63, 3.8) is 0 Å². The molecule has 0 amide bonds. The van der Waals surface area contributed by atoms with Crippen molar-refractivity contribution < 1.29 is 82.3 Å². The van der Waals surface area contributed by atoms with E-state index in [9.17, 15) is 22.0 Å². The van der Waals surface area contributed by atoms with Crippen LogP contribution in [0.15, 0.2) is 116 Å². The first-order valence-electron chi connectivity index (χ1n) is 14.4. The van der Waals surface area contributed by atoms with Crippen molar-refractivity contribution in [2.45, 2.75) is 6.18 Å². The Bertz CT molecular complexity index is 2390. The third-order valence-corrected chi connectivity index (χ3v) is 6.64. The Hall–Kier alpha value is -5.42. The van der Waals surface area contributed by atoms with E-state index < -0.39 is 23.5 Å². The SMILES string of the molecule is N#Cc1ccn(-c2[c-]cc(-c3ccccc3)cc2)n1.[C-]#[N+]c1cc[c-]c(-n2ccc(C(F)(F)F)n2)c1.[C-]#[N+]c1cnn(-c2[c-]cc(F)cc2F)c1.[Ir].[Ir].[Ir]. The van der Waals surface area contributed by atoms with Crippen LogP contribution in [-0.2, 0) is 66.5 Å². The zero-order valence-corrected chi connectivity index (χ0v) is 34.1. The molecule has 3 aromatic heterocycles. The second-order valence-corrected chi connectivity index (χ2v) is 10.0. The van der Waals surface area contributed by atoms with Gasteiger partial charge in [0.05, 0.1) is 25.0 Å². The number of hydrogen-bond donors (Lipinski definition) is 0. The van der Waals surface area contributed by atoms with Crippen LogP contribution in [0.4, 0.5) is 33.3 Å². The van der Waals surface area contributed by atoms with Gasteiger partial charge in [-0.15, -0.1) is 29.8 Å². The third-order valence-electron chi connectivity index (χ3n) is 6.64. The van der Waals surface area contributed by atoms with Crippen molar-refractivity contribution >= 4 is 11.4 Å². The molecule has 0 aliphatic heterocycles. The van der Waals surface area contributed by atoms with E-state index in [4.69, 9.17) is 18.4 Å². The van der Waals surface area contributed by atoms with E-state index in [-0.39, 0.29) is 71.7 Å². The molecule has 9 nitrogen and oxygen atoms in total. The van der Waals surface area contributed by atoms with Gasteiger partial charge in [-0.1, -0.05) is 41.6 Å². The second-order valence-electron chi connectivity index (χ2n) is 10.0. The molecule has 3 radical (unpaired) electrons. The molecule has 4 aromatic carbocycles. The first-order valence-corrected chi connectivity index (χ1v) is 14.4. The number of halogens is 5. The minimum Gasteiger partial charge on any atom is -0.284 e. The summed E-state index contributed by atoms with van der Waals surface area (Å²) in [6.45, 7) is 13.5. The van der Waals surface area contributed by atoms with Gasteiger partial charge in [-0.05, 0) is 23.5 Å². The molecule has 7 aromatic rings. The molecule has 0 fully saturated rings. The van der Waals surface area contributed by atoms with Gasteiger partial charge in [0.25, 0.3) is 0 Å². The van der Waals surface area contributed by atoms with Gasteiger partial charge in [0, 0.05) is 90.5 Å². The van der Waals surface area contributed by atoms with E-state index in [2.05, 4.69) is 55.3 Å². The predicted octanol–water partition coefficient (Wildman–Crippen LogP) is 8.95. The molecular formula is C37H19F5Ir3N9-3. The van der Waals surface area contributed by atoms with Gasteiger partial charge in [0.15, 0.2) is 11.4 Å². The molecule has 0 N–H and O–H groups in total. The molecule has 0 spiro atoms. The molecule has 0 saturated carbocycles. The number of hydrogen-bond acceptors (Lipinski definition) is 4. The summed E-state index contributed by atoms with van der Waals surface area (Å²) >= 11 is 0. The van der Waals surface area contributed by atoms with Gasteiger partial charge >= 0.3 is 6.18 Å². The normalized spacial score (nSPS) is 9.81. The van der Waals surface area contributed by atoms with E-state index in [0.717, 1.165) is 44.4 Å². The summed E-state index contributed by atoms with van der Waals surface area (Å²) in [5, 5.41) is 20.0. The van der Waals surface area contributed by atoms with Gasteiger partial charge in [0.1, 0.15) is 6.07 Å². The molecule has 0 aliphatic rings. The third kappa shape index (κ3) is 11.8. The minimum atomic E-state index is -4.47. The van der Waals surface area contributed by atoms with Crippen molar-refractivity contribution in [2.75, 3.05) is 0 Å².